The molecule has 1 amide bonds. The number of aliphatic hydroxyl groups excluding tert-OH is 1. The number of carbonyl (C=O) groups is 1. The number of carbonyl (C=O) groups excluding carboxylic acids is 1. The van der Waals surface area contributed by atoms with Crippen LogP contribution in [0.3, 0.4) is 0 Å². The van der Waals surface area contributed by atoms with E-state index in [1.54, 1.807) is 6.92 Å². The van der Waals surface area contributed by atoms with Gasteiger partial charge in [-0.2, -0.15) is 0 Å². The Bertz CT molecular complexity index is 542. The Morgan fingerprint density at radius 1 is 1.29 bits per heavy atom. The average Bonchev–Trinajstić information content (AvgIpc) is 3.02. The van der Waals surface area contributed by atoms with Crippen molar-refractivity contribution in [2.24, 2.45) is 0 Å². The molecule has 2 rings (SSSR count). The lowest BCUT2D eigenvalue weighted by molar-refractivity contribution is -0.127. The predicted molar refractivity (Wildman–Crippen MR) is 83.4 cm³/mol. The Hall–Kier alpha value is -1.85. The van der Waals surface area contributed by atoms with Gasteiger partial charge in [-0.3, -0.25) is 4.79 Å². The Morgan fingerprint density at radius 2 is 2.05 bits per heavy atom. The van der Waals surface area contributed by atoms with Crippen LogP contribution in [0, 0.1) is 0 Å². The normalized spacial score (nSPS) is 13.4. The zero-order valence-electron chi connectivity index (χ0n) is 11.9. The van der Waals surface area contributed by atoms with Crippen molar-refractivity contribution in [1.29, 1.82) is 0 Å². The van der Waals surface area contributed by atoms with Gasteiger partial charge in [0.1, 0.15) is 5.75 Å². The SMILES string of the molecule is CC(Oc1ccccc1)C(=O)NCCC(O)c1cccs1. The lowest BCUT2D eigenvalue weighted by Crippen LogP contribution is -2.37. The Kier molecular flexibility index (Phi) is 5.78. The molecule has 0 saturated heterocycles. The first kappa shape index (κ1) is 15.5. The molecule has 1 aromatic carbocycles. The summed E-state index contributed by atoms with van der Waals surface area (Å²) in [6, 6.07) is 13.0. The topological polar surface area (TPSA) is 58.6 Å². The van der Waals surface area contributed by atoms with Crippen molar-refractivity contribution >= 4 is 17.2 Å². The van der Waals surface area contributed by atoms with E-state index in [9.17, 15) is 9.90 Å². The summed E-state index contributed by atoms with van der Waals surface area (Å²) in [4.78, 5) is 12.8. The minimum Gasteiger partial charge on any atom is -0.481 e. The Morgan fingerprint density at radius 3 is 2.71 bits per heavy atom. The van der Waals surface area contributed by atoms with Crippen LogP contribution in [-0.4, -0.2) is 23.7 Å². The van der Waals surface area contributed by atoms with Crippen molar-refractivity contribution in [3.05, 3.63) is 52.7 Å². The van der Waals surface area contributed by atoms with E-state index in [2.05, 4.69) is 5.32 Å². The molecule has 0 saturated carbocycles. The van der Waals surface area contributed by atoms with Gasteiger partial charge >= 0.3 is 0 Å². The summed E-state index contributed by atoms with van der Waals surface area (Å²) in [6.45, 7) is 2.12. The second-order valence-electron chi connectivity index (χ2n) is 4.68. The van der Waals surface area contributed by atoms with Crippen LogP contribution in [0.25, 0.3) is 0 Å². The molecule has 112 valence electrons. The molecule has 0 aliphatic carbocycles. The van der Waals surface area contributed by atoms with Gasteiger partial charge in [-0.15, -0.1) is 11.3 Å². The van der Waals surface area contributed by atoms with Gasteiger partial charge in [0.25, 0.3) is 5.91 Å². The van der Waals surface area contributed by atoms with Gasteiger partial charge in [0.15, 0.2) is 6.10 Å². The molecule has 1 aromatic heterocycles. The van der Waals surface area contributed by atoms with Crippen LogP contribution in [0.5, 0.6) is 5.75 Å². The zero-order chi connectivity index (χ0) is 15.1. The number of ether oxygens (including phenoxy) is 1. The first-order valence-electron chi connectivity index (χ1n) is 6.87. The number of hydrogen-bond acceptors (Lipinski definition) is 4. The van der Waals surface area contributed by atoms with Crippen molar-refractivity contribution in [2.45, 2.75) is 25.6 Å². The van der Waals surface area contributed by atoms with Crippen LogP contribution >= 0.6 is 11.3 Å². The predicted octanol–water partition coefficient (Wildman–Crippen LogP) is 2.76. The van der Waals surface area contributed by atoms with E-state index in [-0.39, 0.29) is 5.91 Å². The smallest absolute Gasteiger partial charge is 0.260 e. The highest BCUT2D eigenvalue weighted by molar-refractivity contribution is 7.10. The molecule has 0 spiro atoms. The highest BCUT2D eigenvalue weighted by Crippen LogP contribution is 2.20. The lowest BCUT2D eigenvalue weighted by atomic mass is 10.2. The third kappa shape index (κ3) is 4.88. The van der Waals surface area contributed by atoms with Gasteiger partial charge in [0, 0.05) is 11.4 Å². The molecule has 2 N–H and O–H groups in total. The number of amides is 1. The van der Waals surface area contributed by atoms with E-state index in [1.807, 2.05) is 47.8 Å². The summed E-state index contributed by atoms with van der Waals surface area (Å²) in [5, 5.41) is 14.6. The first-order chi connectivity index (χ1) is 10.2. The molecule has 0 radical (unpaired) electrons. The second kappa shape index (κ2) is 7.81. The van der Waals surface area contributed by atoms with Crippen molar-refractivity contribution in [3.8, 4) is 5.75 Å². The molecule has 1 heterocycles. The largest absolute Gasteiger partial charge is 0.481 e. The van der Waals surface area contributed by atoms with Crippen LogP contribution in [0.2, 0.25) is 0 Å². The molecule has 0 aliphatic heterocycles. The molecule has 5 heteroatoms. The van der Waals surface area contributed by atoms with Crippen molar-refractivity contribution in [1.82, 2.24) is 5.32 Å². The van der Waals surface area contributed by atoms with Gasteiger partial charge in [0.05, 0.1) is 6.10 Å². The zero-order valence-corrected chi connectivity index (χ0v) is 12.7. The van der Waals surface area contributed by atoms with E-state index in [4.69, 9.17) is 4.74 Å². The molecule has 2 unspecified atom stereocenters. The highest BCUT2D eigenvalue weighted by atomic mass is 32.1. The van der Waals surface area contributed by atoms with E-state index in [1.165, 1.54) is 11.3 Å². The average molecular weight is 305 g/mol. The fraction of sp³-hybridized carbons (Fsp3) is 0.312. The van der Waals surface area contributed by atoms with Crippen LogP contribution < -0.4 is 10.1 Å². The fourth-order valence-corrected chi connectivity index (χ4v) is 2.60. The van der Waals surface area contributed by atoms with E-state index in [0.29, 0.717) is 18.7 Å². The quantitative estimate of drug-likeness (QED) is 0.827. The van der Waals surface area contributed by atoms with Crippen LogP contribution in [0.15, 0.2) is 47.8 Å². The van der Waals surface area contributed by atoms with Gasteiger partial charge < -0.3 is 15.2 Å². The maximum atomic E-state index is 11.9. The van der Waals surface area contributed by atoms with Crippen molar-refractivity contribution in [2.75, 3.05) is 6.54 Å². The number of thiophene rings is 1. The summed E-state index contributed by atoms with van der Waals surface area (Å²) >= 11 is 1.51. The molecular weight excluding hydrogens is 286 g/mol. The molecule has 0 fully saturated rings. The number of aliphatic hydroxyl groups is 1. The van der Waals surface area contributed by atoms with Gasteiger partial charge in [-0.05, 0) is 36.9 Å². The number of nitrogens with one attached hydrogen (secondary N) is 1. The molecule has 21 heavy (non-hydrogen) atoms. The van der Waals surface area contributed by atoms with Crippen LogP contribution in [0.1, 0.15) is 24.3 Å². The minimum atomic E-state index is -0.564. The number of benzene rings is 1. The number of para-hydroxylation sites is 1. The fourth-order valence-electron chi connectivity index (χ4n) is 1.86. The van der Waals surface area contributed by atoms with Gasteiger partial charge in [-0.1, -0.05) is 24.3 Å². The molecule has 4 nitrogen and oxygen atoms in total. The van der Waals surface area contributed by atoms with Crippen molar-refractivity contribution in [3.63, 3.8) is 0 Å². The van der Waals surface area contributed by atoms with Gasteiger partial charge in [-0.25, -0.2) is 0 Å². The Balaban J connectivity index is 1.71. The van der Waals surface area contributed by atoms with Crippen LogP contribution in [-0.2, 0) is 4.79 Å². The number of hydrogen-bond donors (Lipinski definition) is 2. The van der Waals surface area contributed by atoms with E-state index in [0.717, 1.165) is 4.88 Å². The highest BCUT2D eigenvalue weighted by Gasteiger charge is 2.15. The Labute approximate surface area is 128 Å². The standard InChI is InChI=1S/C16H19NO3S/c1-12(20-13-6-3-2-4-7-13)16(19)17-10-9-14(18)15-8-5-11-21-15/h2-8,11-12,14,18H,9-10H2,1H3,(H,17,19). The maximum absolute atomic E-state index is 11.9. The molecule has 0 bridgehead atoms. The molecule has 0 aliphatic rings. The molecule has 2 atom stereocenters. The first-order valence-corrected chi connectivity index (χ1v) is 7.75. The molecule has 2 aromatic rings. The monoisotopic (exact) mass is 305 g/mol. The lowest BCUT2D eigenvalue weighted by Gasteiger charge is -2.15. The maximum Gasteiger partial charge on any atom is 0.260 e. The third-order valence-corrected chi connectivity index (χ3v) is 3.99. The minimum absolute atomic E-state index is 0.183. The molecular formula is C16H19NO3S. The summed E-state index contributed by atoms with van der Waals surface area (Å²) in [7, 11) is 0. The summed E-state index contributed by atoms with van der Waals surface area (Å²) in [5.41, 5.74) is 0. The summed E-state index contributed by atoms with van der Waals surface area (Å²) < 4.78 is 5.53. The van der Waals surface area contributed by atoms with Crippen LogP contribution in [0.4, 0.5) is 0 Å². The summed E-state index contributed by atoms with van der Waals surface area (Å²) in [6.07, 6.45) is -0.605. The van der Waals surface area contributed by atoms with E-state index < -0.39 is 12.2 Å². The van der Waals surface area contributed by atoms with Gasteiger partial charge in [0.2, 0.25) is 0 Å². The summed E-state index contributed by atoms with van der Waals surface area (Å²) in [5.74, 6) is 0.482. The number of rotatable bonds is 7. The van der Waals surface area contributed by atoms with Crippen molar-refractivity contribution < 1.29 is 14.6 Å². The van der Waals surface area contributed by atoms with E-state index >= 15 is 0 Å². The third-order valence-electron chi connectivity index (χ3n) is 3.01. The second-order valence-corrected chi connectivity index (χ2v) is 5.66.